The number of fused-ring (bicyclic) bond motifs is 1. The van der Waals surface area contributed by atoms with Crippen LogP contribution in [0.25, 0.3) is 10.9 Å². The van der Waals surface area contributed by atoms with Crippen LogP contribution in [0.3, 0.4) is 0 Å². The topological polar surface area (TPSA) is 109 Å². The van der Waals surface area contributed by atoms with Crippen molar-refractivity contribution in [2.45, 2.75) is 53.1 Å². The Morgan fingerprint density at radius 3 is 2.32 bits per heavy atom. The summed E-state index contributed by atoms with van der Waals surface area (Å²) >= 11 is 0. The Kier molecular flexibility index (Phi) is 8.22. The van der Waals surface area contributed by atoms with Crippen LogP contribution in [-0.4, -0.2) is 40.9 Å². The number of nitrogens with zero attached hydrogens (tertiary/aromatic N) is 1. The minimum atomic E-state index is -3.67. The molecule has 8 heteroatoms. The van der Waals surface area contributed by atoms with Crippen LogP contribution in [0.15, 0.2) is 24.4 Å². The van der Waals surface area contributed by atoms with Gasteiger partial charge in [0.15, 0.2) is 0 Å². The van der Waals surface area contributed by atoms with Gasteiger partial charge < -0.3 is 15.0 Å². The fraction of sp³-hybridized carbons (Fsp3) is 0.550. The molecule has 2 aromatic rings. The fourth-order valence-corrected chi connectivity index (χ4v) is 2.95. The molecule has 0 fully saturated rings. The molecule has 0 saturated carbocycles. The summed E-state index contributed by atoms with van der Waals surface area (Å²) < 4.78 is 28.0. The number of aromatic nitrogens is 1. The first kappa shape index (κ1) is 24.1. The summed E-state index contributed by atoms with van der Waals surface area (Å²) in [6.45, 7) is 9.09. The number of carbonyl (C=O) groups is 1. The predicted molar refractivity (Wildman–Crippen MR) is 112 cm³/mol. The van der Waals surface area contributed by atoms with E-state index < -0.39 is 22.1 Å². The normalized spacial score (nSPS) is 13.1. The van der Waals surface area contributed by atoms with E-state index >= 15 is 0 Å². The first-order valence-electron chi connectivity index (χ1n) is 9.11. The van der Waals surface area contributed by atoms with Gasteiger partial charge in [-0.05, 0) is 42.4 Å². The molecule has 7 nitrogen and oxygen atoms in total. The molecular formula is C20H32N2O5S. The Labute approximate surface area is 167 Å². The zero-order chi connectivity index (χ0) is 21.7. The highest BCUT2D eigenvalue weighted by Crippen LogP contribution is 2.24. The fourth-order valence-electron chi connectivity index (χ4n) is 2.95. The molecule has 0 unspecified atom stereocenters. The SMILES string of the molecule is CS(=O)(=O)O.Cc1ccc(CN[C@@H](CCC(C)(C)C)C(=O)O)c2ccn(C)c12. The second-order valence-corrected chi connectivity index (χ2v) is 9.80. The van der Waals surface area contributed by atoms with E-state index in [9.17, 15) is 18.3 Å². The number of carboxylic acid groups (broad SMARTS) is 1. The van der Waals surface area contributed by atoms with Gasteiger partial charge in [0, 0.05) is 25.2 Å². The molecule has 0 aliphatic carbocycles. The minimum absolute atomic E-state index is 0.145. The molecule has 0 aliphatic heterocycles. The van der Waals surface area contributed by atoms with Crippen LogP contribution in [0.2, 0.25) is 0 Å². The largest absolute Gasteiger partial charge is 0.480 e. The molecule has 1 aromatic carbocycles. The highest BCUT2D eigenvalue weighted by Gasteiger charge is 2.21. The van der Waals surface area contributed by atoms with Gasteiger partial charge in [-0.25, -0.2) is 0 Å². The molecule has 158 valence electrons. The maximum atomic E-state index is 11.5. The standard InChI is InChI=1S/C19H28N2O2.CH4O3S/c1-13-6-7-14(15-9-11-21(5)17(13)15)12-20-16(18(22)23)8-10-19(2,3)4;1-5(2,3)4/h6-7,9,11,16,20H,8,10,12H2,1-5H3,(H,22,23);1H3,(H,2,3,4)/t16-;/m0./s1. The molecule has 0 aliphatic rings. The summed E-state index contributed by atoms with van der Waals surface area (Å²) in [4.78, 5) is 11.5. The van der Waals surface area contributed by atoms with Gasteiger partial charge >= 0.3 is 5.97 Å². The zero-order valence-electron chi connectivity index (χ0n) is 17.5. The molecule has 0 saturated heterocycles. The Morgan fingerprint density at radius 1 is 1.25 bits per heavy atom. The van der Waals surface area contributed by atoms with Crippen LogP contribution in [0.1, 0.15) is 44.7 Å². The van der Waals surface area contributed by atoms with E-state index in [-0.39, 0.29) is 5.41 Å². The van der Waals surface area contributed by atoms with Crippen LogP contribution < -0.4 is 5.32 Å². The van der Waals surface area contributed by atoms with Crippen molar-refractivity contribution in [3.63, 3.8) is 0 Å². The molecule has 0 spiro atoms. The van der Waals surface area contributed by atoms with Gasteiger partial charge in [-0.1, -0.05) is 32.9 Å². The lowest BCUT2D eigenvalue weighted by atomic mass is 9.88. The van der Waals surface area contributed by atoms with E-state index in [1.165, 1.54) is 16.5 Å². The average molecular weight is 413 g/mol. The third-order valence-electron chi connectivity index (χ3n) is 4.35. The molecule has 0 amide bonds. The van der Waals surface area contributed by atoms with Crippen LogP contribution >= 0.6 is 0 Å². The van der Waals surface area contributed by atoms with E-state index in [1.807, 2.05) is 7.05 Å². The van der Waals surface area contributed by atoms with Crippen LogP contribution in [0.4, 0.5) is 0 Å². The van der Waals surface area contributed by atoms with E-state index in [4.69, 9.17) is 4.55 Å². The maximum absolute atomic E-state index is 11.5. The summed E-state index contributed by atoms with van der Waals surface area (Å²) in [5.74, 6) is -0.773. The monoisotopic (exact) mass is 412 g/mol. The number of nitrogens with one attached hydrogen (secondary N) is 1. The second-order valence-electron chi connectivity index (χ2n) is 8.33. The quantitative estimate of drug-likeness (QED) is 0.628. The van der Waals surface area contributed by atoms with Crippen molar-refractivity contribution in [3.05, 3.63) is 35.5 Å². The Hall–Kier alpha value is -1.90. The highest BCUT2D eigenvalue weighted by molar-refractivity contribution is 7.85. The van der Waals surface area contributed by atoms with Crippen molar-refractivity contribution in [1.82, 2.24) is 9.88 Å². The number of aliphatic carboxylic acids is 1. The summed E-state index contributed by atoms with van der Waals surface area (Å²) in [5, 5.41) is 13.9. The first-order chi connectivity index (χ1) is 12.7. The first-order valence-corrected chi connectivity index (χ1v) is 11.0. The van der Waals surface area contributed by atoms with Crippen molar-refractivity contribution >= 4 is 27.0 Å². The molecule has 2 rings (SSSR count). The van der Waals surface area contributed by atoms with Gasteiger partial charge in [0.05, 0.1) is 11.8 Å². The molecular weight excluding hydrogens is 380 g/mol. The van der Waals surface area contributed by atoms with Crippen molar-refractivity contribution in [2.24, 2.45) is 12.5 Å². The zero-order valence-corrected chi connectivity index (χ0v) is 18.3. The average Bonchev–Trinajstić information content (AvgIpc) is 2.89. The molecule has 1 aromatic heterocycles. The number of carboxylic acids is 1. The van der Waals surface area contributed by atoms with Gasteiger partial charge in [-0.2, -0.15) is 8.42 Å². The molecule has 1 atom stereocenters. The predicted octanol–water partition coefficient (Wildman–Crippen LogP) is 3.36. The molecule has 0 radical (unpaired) electrons. The van der Waals surface area contributed by atoms with Crippen LogP contribution in [0, 0.1) is 12.3 Å². The number of aryl methyl sites for hydroxylation is 2. The van der Waals surface area contributed by atoms with Crippen molar-refractivity contribution in [1.29, 1.82) is 0 Å². The summed E-state index contributed by atoms with van der Waals surface area (Å²) in [5.41, 5.74) is 3.74. The third kappa shape index (κ3) is 8.41. The number of hydrogen-bond donors (Lipinski definition) is 3. The Morgan fingerprint density at radius 2 is 1.82 bits per heavy atom. The summed E-state index contributed by atoms with van der Waals surface area (Å²) in [6, 6.07) is 5.79. The van der Waals surface area contributed by atoms with Gasteiger partial charge in [-0.15, -0.1) is 0 Å². The molecule has 1 heterocycles. The van der Waals surface area contributed by atoms with E-state index in [0.29, 0.717) is 19.2 Å². The van der Waals surface area contributed by atoms with E-state index in [2.05, 4.69) is 62.0 Å². The van der Waals surface area contributed by atoms with Gasteiger partial charge in [-0.3, -0.25) is 9.35 Å². The molecule has 0 bridgehead atoms. The number of hydrogen-bond acceptors (Lipinski definition) is 4. The summed E-state index contributed by atoms with van der Waals surface area (Å²) in [6.07, 6.45) is 4.29. The Bertz CT molecular complexity index is 903. The van der Waals surface area contributed by atoms with Crippen LogP contribution in [-0.2, 0) is 28.5 Å². The minimum Gasteiger partial charge on any atom is -0.480 e. The van der Waals surface area contributed by atoms with Gasteiger partial charge in [0.1, 0.15) is 6.04 Å². The number of benzene rings is 1. The molecule has 3 N–H and O–H groups in total. The van der Waals surface area contributed by atoms with E-state index in [1.54, 1.807) is 0 Å². The lowest BCUT2D eigenvalue weighted by molar-refractivity contribution is -0.139. The Balaban J connectivity index is 0.000000696. The summed E-state index contributed by atoms with van der Waals surface area (Å²) in [7, 11) is -1.63. The smallest absolute Gasteiger partial charge is 0.320 e. The van der Waals surface area contributed by atoms with Gasteiger partial charge in [0.2, 0.25) is 0 Å². The molecule has 28 heavy (non-hydrogen) atoms. The van der Waals surface area contributed by atoms with E-state index in [0.717, 1.165) is 12.0 Å². The maximum Gasteiger partial charge on any atom is 0.320 e. The van der Waals surface area contributed by atoms with Crippen LogP contribution in [0.5, 0.6) is 0 Å². The van der Waals surface area contributed by atoms with Crippen molar-refractivity contribution in [2.75, 3.05) is 6.26 Å². The highest BCUT2D eigenvalue weighted by atomic mass is 32.2. The lowest BCUT2D eigenvalue weighted by Crippen LogP contribution is -2.37. The van der Waals surface area contributed by atoms with Crippen molar-refractivity contribution < 1.29 is 22.9 Å². The lowest BCUT2D eigenvalue weighted by Gasteiger charge is -2.22. The van der Waals surface area contributed by atoms with Crippen molar-refractivity contribution in [3.8, 4) is 0 Å². The number of rotatable bonds is 6. The third-order valence-corrected chi connectivity index (χ3v) is 4.35. The van der Waals surface area contributed by atoms with Gasteiger partial charge in [0.25, 0.3) is 10.1 Å². The second kappa shape index (κ2) is 9.54.